The molecule has 0 radical (unpaired) electrons. The van der Waals surface area contributed by atoms with Gasteiger partial charge >= 0.3 is 6.03 Å². The van der Waals surface area contributed by atoms with E-state index in [1.807, 2.05) is 35.4 Å². The lowest BCUT2D eigenvalue weighted by Crippen LogP contribution is -2.44. The fourth-order valence-electron chi connectivity index (χ4n) is 2.86. The highest BCUT2D eigenvalue weighted by Gasteiger charge is 2.24. The van der Waals surface area contributed by atoms with Gasteiger partial charge in [-0.05, 0) is 48.9 Å². The average molecular weight is 345 g/mol. The molecule has 0 saturated carbocycles. The fourth-order valence-corrected chi connectivity index (χ4v) is 3.58. The predicted octanol–water partition coefficient (Wildman–Crippen LogP) is 3.59. The van der Waals surface area contributed by atoms with Crippen LogP contribution in [0.2, 0.25) is 0 Å². The van der Waals surface area contributed by atoms with Crippen molar-refractivity contribution < 1.29 is 9.53 Å². The number of nitrogens with zero attached hydrogens (tertiary/aromatic N) is 2. The molecule has 1 aliphatic rings. The van der Waals surface area contributed by atoms with E-state index in [1.165, 1.54) is 4.88 Å². The van der Waals surface area contributed by atoms with E-state index in [0.717, 1.165) is 25.0 Å². The van der Waals surface area contributed by atoms with Gasteiger partial charge in [0.2, 0.25) is 0 Å². The summed E-state index contributed by atoms with van der Waals surface area (Å²) < 4.78 is 5.72. The summed E-state index contributed by atoms with van der Waals surface area (Å²) in [5.41, 5.74) is 1.05. The van der Waals surface area contributed by atoms with Crippen molar-refractivity contribution in [3.8, 4) is 0 Å². The van der Waals surface area contributed by atoms with Crippen LogP contribution in [-0.4, -0.2) is 35.2 Å². The van der Waals surface area contributed by atoms with Gasteiger partial charge in [-0.25, -0.2) is 4.79 Å². The molecule has 1 saturated heterocycles. The van der Waals surface area contributed by atoms with Crippen molar-refractivity contribution in [3.63, 3.8) is 0 Å². The molecule has 5 nitrogen and oxygen atoms in total. The molecule has 0 aliphatic carbocycles. The largest absolute Gasteiger partial charge is 0.376 e. The third-order valence-corrected chi connectivity index (χ3v) is 5.07. The first-order valence-electron chi connectivity index (χ1n) is 8.31. The zero-order valence-electron chi connectivity index (χ0n) is 13.9. The molecule has 24 heavy (non-hydrogen) atoms. The van der Waals surface area contributed by atoms with Gasteiger partial charge < -0.3 is 15.0 Å². The number of aromatic nitrogens is 1. The molecule has 6 heteroatoms. The second kappa shape index (κ2) is 8.26. The Bertz CT molecular complexity index is 627. The topological polar surface area (TPSA) is 54.5 Å². The number of thiophene rings is 1. The van der Waals surface area contributed by atoms with Crippen molar-refractivity contribution in [1.82, 2.24) is 15.2 Å². The van der Waals surface area contributed by atoms with E-state index in [1.54, 1.807) is 23.7 Å². The van der Waals surface area contributed by atoms with Gasteiger partial charge in [0.25, 0.3) is 0 Å². The van der Waals surface area contributed by atoms with Crippen LogP contribution in [0.15, 0.2) is 42.0 Å². The lowest BCUT2D eigenvalue weighted by molar-refractivity contribution is 0.0792. The molecular formula is C18H23N3O2S. The maximum Gasteiger partial charge on any atom is 0.318 e. The standard InChI is InChI=1S/C18H23N3O2S/c1-14(15-6-8-19-9-7-15)20-18(22)21(12-16-4-2-10-23-16)13-17-5-3-11-24-17/h3,5-9,11,14,16H,2,4,10,12-13H2,1H3,(H,20,22)/t14-,16+/m0/s1. The molecule has 0 spiro atoms. The van der Waals surface area contributed by atoms with Crippen LogP contribution >= 0.6 is 11.3 Å². The molecule has 1 aliphatic heterocycles. The number of carbonyl (C=O) groups excluding carboxylic acids is 1. The monoisotopic (exact) mass is 345 g/mol. The zero-order chi connectivity index (χ0) is 16.8. The second-order valence-electron chi connectivity index (χ2n) is 6.05. The Morgan fingerprint density at radius 1 is 1.46 bits per heavy atom. The van der Waals surface area contributed by atoms with Gasteiger partial charge in [0.1, 0.15) is 0 Å². The first-order chi connectivity index (χ1) is 11.7. The number of urea groups is 1. The summed E-state index contributed by atoms with van der Waals surface area (Å²) in [7, 11) is 0. The first-order valence-corrected chi connectivity index (χ1v) is 9.19. The number of hydrogen-bond donors (Lipinski definition) is 1. The Morgan fingerprint density at radius 2 is 2.29 bits per heavy atom. The summed E-state index contributed by atoms with van der Waals surface area (Å²) >= 11 is 1.67. The number of pyridine rings is 1. The molecule has 0 bridgehead atoms. The van der Waals surface area contributed by atoms with Crippen molar-refractivity contribution >= 4 is 17.4 Å². The molecule has 2 aromatic rings. The SMILES string of the molecule is C[C@H](NC(=O)N(Cc1cccs1)C[C@H]1CCCO1)c1ccncc1. The fraction of sp³-hybridized carbons (Fsp3) is 0.444. The molecule has 2 aromatic heterocycles. The lowest BCUT2D eigenvalue weighted by Gasteiger charge is -2.27. The van der Waals surface area contributed by atoms with Gasteiger partial charge in [-0.3, -0.25) is 4.98 Å². The molecule has 3 rings (SSSR count). The Labute approximate surface area is 146 Å². The third kappa shape index (κ3) is 4.55. The number of amides is 2. The van der Waals surface area contributed by atoms with Crippen molar-refractivity contribution in [2.75, 3.05) is 13.2 Å². The van der Waals surface area contributed by atoms with E-state index in [-0.39, 0.29) is 18.2 Å². The van der Waals surface area contributed by atoms with Crippen molar-refractivity contribution in [2.24, 2.45) is 0 Å². The average Bonchev–Trinajstić information content (AvgIpc) is 3.29. The Morgan fingerprint density at radius 3 is 2.96 bits per heavy atom. The number of hydrogen-bond acceptors (Lipinski definition) is 4. The van der Waals surface area contributed by atoms with Crippen LogP contribution in [-0.2, 0) is 11.3 Å². The Balaban J connectivity index is 1.65. The van der Waals surface area contributed by atoms with E-state index >= 15 is 0 Å². The number of rotatable bonds is 6. The van der Waals surface area contributed by atoms with Crippen LogP contribution < -0.4 is 5.32 Å². The summed E-state index contributed by atoms with van der Waals surface area (Å²) in [4.78, 5) is 19.9. The van der Waals surface area contributed by atoms with E-state index in [0.29, 0.717) is 13.1 Å². The van der Waals surface area contributed by atoms with Crippen molar-refractivity contribution in [2.45, 2.75) is 38.5 Å². The molecule has 0 aromatic carbocycles. The second-order valence-corrected chi connectivity index (χ2v) is 7.08. The van der Waals surface area contributed by atoms with Crippen LogP contribution in [0, 0.1) is 0 Å². The molecule has 2 atom stereocenters. The van der Waals surface area contributed by atoms with Crippen LogP contribution in [0.4, 0.5) is 4.79 Å². The molecule has 2 amide bonds. The molecule has 3 heterocycles. The highest BCUT2D eigenvalue weighted by Crippen LogP contribution is 2.18. The smallest absolute Gasteiger partial charge is 0.318 e. The first kappa shape index (κ1) is 16.9. The van der Waals surface area contributed by atoms with Crippen molar-refractivity contribution in [1.29, 1.82) is 0 Å². The quantitative estimate of drug-likeness (QED) is 0.870. The molecule has 0 unspecified atom stereocenters. The number of ether oxygens (including phenoxy) is 1. The lowest BCUT2D eigenvalue weighted by atomic mass is 10.1. The Hall–Kier alpha value is -1.92. The summed E-state index contributed by atoms with van der Waals surface area (Å²) in [6, 6.07) is 7.82. The maximum atomic E-state index is 12.8. The molecular weight excluding hydrogens is 322 g/mol. The normalized spacial score (nSPS) is 18.3. The van der Waals surface area contributed by atoms with Crippen LogP contribution in [0.1, 0.15) is 36.2 Å². The minimum Gasteiger partial charge on any atom is -0.376 e. The zero-order valence-corrected chi connectivity index (χ0v) is 14.7. The van der Waals surface area contributed by atoms with Crippen molar-refractivity contribution in [3.05, 3.63) is 52.5 Å². The van der Waals surface area contributed by atoms with Crippen LogP contribution in [0.3, 0.4) is 0 Å². The summed E-state index contributed by atoms with van der Waals surface area (Å²) in [6.45, 7) is 4.04. The summed E-state index contributed by atoms with van der Waals surface area (Å²) in [6.07, 6.45) is 5.73. The van der Waals surface area contributed by atoms with E-state index < -0.39 is 0 Å². The number of carbonyl (C=O) groups is 1. The third-order valence-electron chi connectivity index (χ3n) is 4.21. The molecule has 1 fully saturated rings. The maximum absolute atomic E-state index is 12.8. The van der Waals surface area contributed by atoms with E-state index in [4.69, 9.17) is 4.74 Å². The summed E-state index contributed by atoms with van der Waals surface area (Å²) in [5, 5.41) is 5.13. The highest BCUT2D eigenvalue weighted by atomic mass is 32.1. The Kier molecular flexibility index (Phi) is 5.82. The van der Waals surface area contributed by atoms with E-state index in [2.05, 4.69) is 16.4 Å². The van der Waals surface area contributed by atoms with Gasteiger partial charge in [0.05, 0.1) is 18.7 Å². The predicted molar refractivity (Wildman–Crippen MR) is 94.9 cm³/mol. The van der Waals surface area contributed by atoms with Gasteiger partial charge in [-0.1, -0.05) is 6.07 Å². The minimum atomic E-state index is -0.0594. The van der Waals surface area contributed by atoms with Crippen LogP contribution in [0.5, 0.6) is 0 Å². The van der Waals surface area contributed by atoms with Crippen LogP contribution in [0.25, 0.3) is 0 Å². The van der Waals surface area contributed by atoms with Gasteiger partial charge in [-0.2, -0.15) is 0 Å². The summed E-state index contributed by atoms with van der Waals surface area (Å²) in [5.74, 6) is 0. The molecule has 1 N–H and O–H groups in total. The molecule has 128 valence electrons. The number of nitrogens with one attached hydrogen (secondary N) is 1. The highest BCUT2D eigenvalue weighted by molar-refractivity contribution is 7.09. The van der Waals surface area contributed by atoms with Gasteiger partial charge in [0, 0.05) is 30.4 Å². The van der Waals surface area contributed by atoms with E-state index in [9.17, 15) is 4.79 Å². The van der Waals surface area contributed by atoms with Gasteiger partial charge in [-0.15, -0.1) is 11.3 Å². The minimum absolute atomic E-state index is 0.0526. The van der Waals surface area contributed by atoms with Gasteiger partial charge in [0.15, 0.2) is 0 Å².